The molecule has 0 amide bonds. The van der Waals surface area contributed by atoms with Gasteiger partial charge in [0.05, 0.1) is 16.6 Å². The fourth-order valence-electron chi connectivity index (χ4n) is 3.49. The Morgan fingerprint density at radius 1 is 1.32 bits per heavy atom. The fraction of sp³-hybridized carbons (Fsp3) is 0.450. The molecule has 1 aromatic carbocycles. The molecular formula is C20H25ClN4O2S. The van der Waals surface area contributed by atoms with Crippen molar-refractivity contribution in [2.45, 2.75) is 32.4 Å². The molecule has 2 aliphatic heterocycles. The van der Waals surface area contributed by atoms with E-state index in [1.165, 1.54) is 5.00 Å². The van der Waals surface area contributed by atoms with E-state index in [4.69, 9.17) is 26.1 Å². The van der Waals surface area contributed by atoms with Gasteiger partial charge in [-0.2, -0.15) is 0 Å². The van der Waals surface area contributed by atoms with Crippen LogP contribution in [0.15, 0.2) is 34.6 Å². The first-order valence-electron chi connectivity index (χ1n) is 9.64. The molecule has 0 aliphatic carbocycles. The summed E-state index contributed by atoms with van der Waals surface area (Å²) in [5, 5.41) is 11.0. The second-order valence-electron chi connectivity index (χ2n) is 6.86. The molecule has 1 fully saturated rings. The van der Waals surface area contributed by atoms with Crippen LogP contribution in [0.2, 0.25) is 5.02 Å². The number of aliphatic imine (C=N–C) groups is 1. The van der Waals surface area contributed by atoms with E-state index in [0.717, 1.165) is 44.0 Å². The van der Waals surface area contributed by atoms with Crippen molar-refractivity contribution in [3.63, 3.8) is 0 Å². The summed E-state index contributed by atoms with van der Waals surface area (Å²) in [6.07, 6.45) is 2.19. The molecule has 4 rings (SSSR count). The van der Waals surface area contributed by atoms with Crippen molar-refractivity contribution >= 4 is 33.9 Å². The van der Waals surface area contributed by atoms with Gasteiger partial charge in [0.25, 0.3) is 0 Å². The number of hydrogen-bond donors (Lipinski definition) is 2. The van der Waals surface area contributed by atoms with Gasteiger partial charge in [0.1, 0.15) is 0 Å². The molecule has 8 heteroatoms. The predicted octanol–water partition coefficient (Wildman–Crippen LogP) is 3.85. The Balaban J connectivity index is 1.36. The highest BCUT2D eigenvalue weighted by molar-refractivity contribution is 7.14. The lowest BCUT2D eigenvalue weighted by molar-refractivity contribution is 0.174. The van der Waals surface area contributed by atoms with Crippen molar-refractivity contribution in [2.75, 3.05) is 31.3 Å². The topological polar surface area (TPSA) is 58.1 Å². The molecule has 150 valence electrons. The number of fused-ring (bicyclic) bond motifs is 1. The van der Waals surface area contributed by atoms with Crippen LogP contribution in [0.5, 0.6) is 11.5 Å². The number of thiophene rings is 1. The largest absolute Gasteiger partial charge is 0.454 e. The zero-order valence-corrected chi connectivity index (χ0v) is 17.5. The van der Waals surface area contributed by atoms with Gasteiger partial charge in [0, 0.05) is 25.7 Å². The van der Waals surface area contributed by atoms with Gasteiger partial charge >= 0.3 is 0 Å². The minimum Gasteiger partial charge on any atom is -0.454 e. The molecule has 28 heavy (non-hydrogen) atoms. The number of rotatable bonds is 5. The third kappa shape index (κ3) is 4.47. The summed E-state index contributed by atoms with van der Waals surface area (Å²) in [6, 6.07) is 8.57. The Morgan fingerprint density at radius 3 is 2.93 bits per heavy atom. The van der Waals surface area contributed by atoms with Crippen molar-refractivity contribution in [3.8, 4) is 11.5 Å². The van der Waals surface area contributed by atoms with Crippen LogP contribution < -0.4 is 25.0 Å². The molecule has 2 aromatic rings. The van der Waals surface area contributed by atoms with Gasteiger partial charge in [0.15, 0.2) is 17.5 Å². The quantitative estimate of drug-likeness (QED) is 0.568. The molecule has 1 saturated heterocycles. The zero-order valence-electron chi connectivity index (χ0n) is 15.9. The van der Waals surface area contributed by atoms with Gasteiger partial charge in [-0.1, -0.05) is 11.6 Å². The van der Waals surface area contributed by atoms with Crippen molar-refractivity contribution in [3.05, 3.63) is 40.2 Å². The average Bonchev–Trinajstić information content (AvgIpc) is 3.39. The molecule has 0 bridgehead atoms. The number of piperidine rings is 1. The standard InChI is InChI=1S/C20H25ClN4O2S/c1-2-22-20(23-12-14-10-16(21)19-17(11-14)26-13-27-19)24-15-5-7-25(8-6-15)18-4-3-9-28-18/h3-4,9-11,15H,2,5-8,12-13H2,1H3,(H2,22,23,24). The van der Waals surface area contributed by atoms with Crippen LogP contribution in [0.1, 0.15) is 25.3 Å². The third-order valence-corrected chi connectivity index (χ3v) is 6.11. The van der Waals surface area contributed by atoms with Crippen LogP contribution >= 0.6 is 22.9 Å². The Hall–Kier alpha value is -2.12. The molecule has 6 nitrogen and oxygen atoms in total. The number of nitrogens with zero attached hydrogens (tertiary/aromatic N) is 2. The Kier molecular flexibility index (Phi) is 6.12. The van der Waals surface area contributed by atoms with E-state index in [1.54, 1.807) is 0 Å². The first-order valence-corrected chi connectivity index (χ1v) is 10.9. The van der Waals surface area contributed by atoms with Crippen molar-refractivity contribution < 1.29 is 9.47 Å². The Labute approximate surface area is 174 Å². The molecule has 0 atom stereocenters. The molecule has 0 spiro atoms. The Bertz CT molecular complexity index is 820. The smallest absolute Gasteiger partial charge is 0.231 e. The highest BCUT2D eigenvalue weighted by Crippen LogP contribution is 2.39. The average molecular weight is 421 g/mol. The van der Waals surface area contributed by atoms with E-state index in [0.29, 0.717) is 29.1 Å². The molecule has 2 N–H and O–H groups in total. The minimum absolute atomic E-state index is 0.218. The van der Waals surface area contributed by atoms with Crippen molar-refractivity contribution in [1.82, 2.24) is 10.6 Å². The summed E-state index contributed by atoms with van der Waals surface area (Å²) in [7, 11) is 0. The van der Waals surface area contributed by atoms with E-state index in [-0.39, 0.29) is 6.79 Å². The number of guanidine groups is 1. The summed E-state index contributed by atoms with van der Waals surface area (Å²) >= 11 is 8.08. The lowest BCUT2D eigenvalue weighted by atomic mass is 10.1. The lowest BCUT2D eigenvalue weighted by Crippen LogP contribution is -2.48. The van der Waals surface area contributed by atoms with Gasteiger partial charge < -0.3 is 25.0 Å². The maximum atomic E-state index is 6.27. The third-order valence-electron chi connectivity index (χ3n) is 4.90. The van der Waals surface area contributed by atoms with Gasteiger partial charge in [-0.3, -0.25) is 0 Å². The van der Waals surface area contributed by atoms with Crippen molar-refractivity contribution in [1.29, 1.82) is 0 Å². The van der Waals surface area contributed by atoms with E-state index < -0.39 is 0 Å². The maximum absolute atomic E-state index is 6.27. The molecule has 0 radical (unpaired) electrons. The number of hydrogen-bond acceptors (Lipinski definition) is 5. The zero-order chi connectivity index (χ0) is 19.3. The molecule has 2 aliphatic rings. The lowest BCUT2D eigenvalue weighted by Gasteiger charge is -2.33. The van der Waals surface area contributed by atoms with Gasteiger partial charge in [-0.25, -0.2) is 4.99 Å². The highest BCUT2D eigenvalue weighted by atomic mass is 35.5. The number of halogens is 1. The van der Waals surface area contributed by atoms with Gasteiger partial charge in [-0.15, -0.1) is 11.3 Å². The number of benzene rings is 1. The monoisotopic (exact) mass is 420 g/mol. The second-order valence-corrected chi connectivity index (χ2v) is 8.20. The SMILES string of the molecule is CCNC(=NCc1cc(Cl)c2c(c1)OCO2)NC1CCN(c2cccs2)CC1. The summed E-state index contributed by atoms with van der Waals surface area (Å²) < 4.78 is 10.8. The molecule has 3 heterocycles. The van der Waals surface area contributed by atoms with E-state index in [9.17, 15) is 0 Å². The maximum Gasteiger partial charge on any atom is 0.231 e. The number of anilines is 1. The highest BCUT2D eigenvalue weighted by Gasteiger charge is 2.21. The molecule has 0 unspecified atom stereocenters. The van der Waals surface area contributed by atoms with Crippen LogP contribution in [-0.4, -0.2) is 38.4 Å². The summed E-state index contributed by atoms with van der Waals surface area (Å²) in [5.41, 5.74) is 0.999. The fourth-order valence-corrected chi connectivity index (χ4v) is 4.56. The van der Waals surface area contributed by atoms with E-state index in [1.807, 2.05) is 23.5 Å². The van der Waals surface area contributed by atoms with E-state index in [2.05, 4.69) is 40.0 Å². The number of nitrogens with one attached hydrogen (secondary N) is 2. The molecular weight excluding hydrogens is 396 g/mol. The van der Waals surface area contributed by atoms with Crippen LogP contribution in [0.25, 0.3) is 0 Å². The minimum atomic E-state index is 0.218. The van der Waals surface area contributed by atoms with Crippen molar-refractivity contribution in [2.24, 2.45) is 4.99 Å². The molecule has 0 saturated carbocycles. The second kappa shape index (κ2) is 8.92. The van der Waals surface area contributed by atoms with Crippen LogP contribution in [0.4, 0.5) is 5.00 Å². The van der Waals surface area contributed by atoms with Gasteiger partial charge in [-0.05, 0) is 55.0 Å². The summed E-state index contributed by atoms with van der Waals surface area (Å²) in [4.78, 5) is 7.20. The first kappa shape index (κ1) is 19.2. The van der Waals surface area contributed by atoms with Crippen LogP contribution in [-0.2, 0) is 6.54 Å². The predicted molar refractivity (Wildman–Crippen MR) is 115 cm³/mol. The van der Waals surface area contributed by atoms with Gasteiger partial charge in [0.2, 0.25) is 6.79 Å². The summed E-state index contributed by atoms with van der Waals surface area (Å²) in [5.74, 6) is 2.15. The normalized spacial score (nSPS) is 17.1. The van der Waals surface area contributed by atoms with Crippen LogP contribution in [0, 0.1) is 0 Å². The van der Waals surface area contributed by atoms with Crippen LogP contribution in [0.3, 0.4) is 0 Å². The first-order chi connectivity index (χ1) is 13.7. The number of ether oxygens (including phenoxy) is 2. The molecule has 1 aromatic heterocycles. The summed E-state index contributed by atoms with van der Waals surface area (Å²) in [6.45, 7) is 5.77. The van der Waals surface area contributed by atoms with E-state index >= 15 is 0 Å². The Morgan fingerprint density at radius 2 is 2.18 bits per heavy atom.